The summed E-state index contributed by atoms with van der Waals surface area (Å²) in [5.74, 6) is 0.122. The van der Waals surface area contributed by atoms with Gasteiger partial charge in [0.25, 0.3) is 0 Å². The van der Waals surface area contributed by atoms with Gasteiger partial charge in [0.2, 0.25) is 0 Å². The Kier molecular flexibility index (Phi) is 4.46. The highest BCUT2D eigenvalue weighted by atomic mass is 14.7. The molecule has 0 atom stereocenters. The van der Waals surface area contributed by atoms with Crippen LogP contribution < -0.4 is 11.5 Å². The van der Waals surface area contributed by atoms with Gasteiger partial charge in [0, 0.05) is 23.8 Å². The van der Waals surface area contributed by atoms with Crippen LogP contribution in [0.3, 0.4) is 0 Å². The average Bonchev–Trinajstić information content (AvgIpc) is 2.48. The first-order valence-corrected chi connectivity index (χ1v) is 6.46. The lowest BCUT2D eigenvalue weighted by molar-refractivity contribution is 1.33. The first-order chi connectivity index (χ1) is 10.1. The van der Waals surface area contributed by atoms with Crippen molar-refractivity contribution < 1.29 is 0 Å². The van der Waals surface area contributed by atoms with Gasteiger partial charge in [0.1, 0.15) is 11.7 Å². The van der Waals surface area contributed by atoms with Gasteiger partial charge < -0.3 is 11.5 Å². The standard InChI is InChI=1S/C16H17N5/c17-15(18)12-3-1-11(2-4-12)9-10-21-14-7-5-13(6-8-14)16(19)20/h1-8,10H,9H2,(H3,17,18)(H3,19,20). The summed E-state index contributed by atoms with van der Waals surface area (Å²) in [6.45, 7) is 0. The molecule has 0 bridgehead atoms. The second-order valence-corrected chi connectivity index (χ2v) is 4.59. The van der Waals surface area contributed by atoms with Crippen LogP contribution in [0.15, 0.2) is 53.5 Å². The van der Waals surface area contributed by atoms with Gasteiger partial charge in [-0.15, -0.1) is 0 Å². The highest BCUT2D eigenvalue weighted by Gasteiger charge is 1.97. The lowest BCUT2D eigenvalue weighted by atomic mass is 10.1. The maximum absolute atomic E-state index is 7.33. The van der Waals surface area contributed by atoms with Crippen LogP contribution in [0.2, 0.25) is 0 Å². The number of benzene rings is 2. The van der Waals surface area contributed by atoms with Crippen molar-refractivity contribution in [1.82, 2.24) is 0 Å². The molecule has 106 valence electrons. The largest absolute Gasteiger partial charge is 0.384 e. The van der Waals surface area contributed by atoms with Crippen molar-refractivity contribution in [2.75, 3.05) is 0 Å². The molecule has 6 N–H and O–H groups in total. The van der Waals surface area contributed by atoms with E-state index in [4.69, 9.17) is 22.3 Å². The summed E-state index contributed by atoms with van der Waals surface area (Å²) in [7, 11) is 0. The number of nitrogens with one attached hydrogen (secondary N) is 2. The Labute approximate surface area is 123 Å². The van der Waals surface area contributed by atoms with Gasteiger partial charge in [0.15, 0.2) is 0 Å². The van der Waals surface area contributed by atoms with Gasteiger partial charge >= 0.3 is 0 Å². The summed E-state index contributed by atoms with van der Waals surface area (Å²) >= 11 is 0. The van der Waals surface area contributed by atoms with Crippen molar-refractivity contribution in [3.63, 3.8) is 0 Å². The Morgan fingerprint density at radius 1 is 0.857 bits per heavy atom. The Morgan fingerprint density at radius 2 is 1.33 bits per heavy atom. The predicted octanol–water partition coefficient (Wildman–Crippen LogP) is 2.20. The minimum Gasteiger partial charge on any atom is -0.384 e. The molecule has 0 saturated heterocycles. The normalized spacial score (nSPS) is 10.7. The lowest BCUT2D eigenvalue weighted by Crippen LogP contribution is -2.10. The molecule has 0 saturated carbocycles. The van der Waals surface area contributed by atoms with Crippen molar-refractivity contribution in [3.8, 4) is 0 Å². The fraction of sp³-hybridized carbons (Fsp3) is 0.0625. The van der Waals surface area contributed by atoms with E-state index in [-0.39, 0.29) is 11.7 Å². The van der Waals surface area contributed by atoms with Gasteiger partial charge in [0.05, 0.1) is 5.69 Å². The molecule has 2 aromatic carbocycles. The number of nitrogens with zero attached hydrogens (tertiary/aromatic N) is 1. The zero-order chi connectivity index (χ0) is 15.2. The maximum atomic E-state index is 7.33. The van der Waals surface area contributed by atoms with Gasteiger partial charge in [-0.1, -0.05) is 24.3 Å². The van der Waals surface area contributed by atoms with Crippen molar-refractivity contribution in [2.45, 2.75) is 6.42 Å². The van der Waals surface area contributed by atoms with Crippen LogP contribution in [0.25, 0.3) is 0 Å². The van der Waals surface area contributed by atoms with Crippen molar-refractivity contribution in [3.05, 3.63) is 65.2 Å². The van der Waals surface area contributed by atoms with E-state index in [2.05, 4.69) is 4.99 Å². The number of rotatable bonds is 5. The van der Waals surface area contributed by atoms with Crippen molar-refractivity contribution >= 4 is 23.6 Å². The molecule has 0 fully saturated rings. The number of hydrogen-bond donors (Lipinski definition) is 4. The van der Waals surface area contributed by atoms with E-state index in [1.54, 1.807) is 12.1 Å². The minimum absolute atomic E-state index is 0.0519. The van der Waals surface area contributed by atoms with Crippen molar-refractivity contribution in [1.29, 1.82) is 10.8 Å². The number of aliphatic imine (C=N–C) groups is 1. The molecule has 21 heavy (non-hydrogen) atoms. The third kappa shape index (κ3) is 4.01. The summed E-state index contributed by atoms with van der Waals surface area (Å²) in [6, 6.07) is 14.7. The first-order valence-electron chi connectivity index (χ1n) is 6.46. The topological polar surface area (TPSA) is 112 Å². The van der Waals surface area contributed by atoms with E-state index < -0.39 is 0 Å². The molecule has 0 spiro atoms. The molecular formula is C16H17N5. The summed E-state index contributed by atoms with van der Waals surface area (Å²) in [5.41, 5.74) is 14.1. The zero-order valence-corrected chi connectivity index (χ0v) is 11.5. The molecule has 0 unspecified atom stereocenters. The van der Waals surface area contributed by atoms with Gasteiger partial charge in [-0.2, -0.15) is 0 Å². The molecule has 0 aliphatic carbocycles. The van der Waals surface area contributed by atoms with E-state index >= 15 is 0 Å². The maximum Gasteiger partial charge on any atom is 0.122 e. The lowest BCUT2D eigenvalue weighted by Gasteiger charge is -2.00. The minimum atomic E-state index is 0.0519. The number of amidine groups is 2. The molecule has 0 radical (unpaired) electrons. The smallest absolute Gasteiger partial charge is 0.122 e. The summed E-state index contributed by atoms with van der Waals surface area (Å²) in [5, 5.41) is 14.7. The monoisotopic (exact) mass is 279 g/mol. The number of nitrogen functional groups attached to an aromatic ring is 2. The molecule has 5 heteroatoms. The quantitative estimate of drug-likeness (QED) is 0.496. The molecular weight excluding hydrogens is 262 g/mol. The average molecular weight is 279 g/mol. The third-order valence-corrected chi connectivity index (χ3v) is 3.01. The van der Waals surface area contributed by atoms with E-state index in [1.807, 2.05) is 42.6 Å². The Morgan fingerprint density at radius 3 is 1.81 bits per heavy atom. The molecule has 0 amide bonds. The molecule has 5 nitrogen and oxygen atoms in total. The Bertz CT molecular complexity index is 669. The first kappa shape index (κ1) is 14.5. The van der Waals surface area contributed by atoms with Crippen LogP contribution in [0.5, 0.6) is 0 Å². The van der Waals surface area contributed by atoms with Crippen LogP contribution >= 0.6 is 0 Å². The Balaban J connectivity index is 1.98. The van der Waals surface area contributed by atoms with E-state index in [9.17, 15) is 0 Å². The molecule has 0 aliphatic rings. The molecule has 2 rings (SSSR count). The fourth-order valence-corrected chi connectivity index (χ4v) is 1.80. The predicted molar refractivity (Wildman–Crippen MR) is 86.8 cm³/mol. The van der Waals surface area contributed by atoms with Crippen LogP contribution in [-0.2, 0) is 6.42 Å². The molecule has 2 aromatic rings. The third-order valence-electron chi connectivity index (χ3n) is 3.01. The Hall–Kier alpha value is -2.95. The van der Waals surface area contributed by atoms with Crippen LogP contribution in [0, 0.1) is 10.8 Å². The second kappa shape index (κ2) is 6.47. The molecule has 0 aliphatic heterocycles. The van der Waals surface area contributed by atoms with Gasteiger partial charge in [-0.25, -0.2) is 0 Å². The molecule has 0 aromatic heterocycles. The van der Waals surface area contributed by atoms with Gasteiger partial charge in [-0.3, -0.25) is 15.8 Å². The number of nitrogens with two attached hydrogens (primary N) is 2. The van der Waals surface area contributed by atoms with Gasteiger partial charge in [-0.05, 0) is 29.8 Å². The molecule has 0 heterocycles. The summed E-state index contributed by atoms with van der Waals surface area (Å²) in [6.07, 6.45) is 2.53. The highest BCUT2D eigenvalue weighted by molar-refractivity contribution is 5.95. The van der Waals surface area contributed by atoms with Crippen LogP contribution in [0.1, 0.15) is 16.7 Å². The van der Waals surface area contributed by atoms with E-state index in [1.165, 1.54) is 0 Å². The van der Waals surface area contributed by atoms with E-state index in [0.717, 1.165) is 16.8 Å². The van der Waals surface area contributed by atoms with Crippen LogP contribution in [-0.4, -0.2) is 17.9 Å². The second-order valence-electron chi connectivity index (χ2n) is 4.59. The fourth-order valence-electron chi connectivity index (χ4n) is 1.80. The SMILES string of the molecule is N=C(N)c1ccc(CC=Nc2ccc(C(=N)N)cc2)cc1. The van der Waals surface area contributed by atoms with Crippen LogP contribution in [0.4, 0.5) is 5.69 Å². The van der Waals surface area contributed by atoms with E-state index in [0.29, 0.717) is 12.0 Å². The highest BCUT2D eigenvalue weighted by Crippen LogP contribution is 2.12. The summed E-state index contributed by atoms with van der Waals surface area (Å²) in [4.78, 5) is 4.36. The zero-order valence-electron chi connectivity index (χ0n) is 11.5. The summed E-state index contributed by atoms with van der Waals surface area (Å²) < 4.78 is 0. The number of hydrogen-bond acceptors (Lipinski definition) is 3. The van der Waals surface area contributed by atoms with Crippen molar-refractivity contribution in [2.24, 2.45) is 16.5 Å².